The highest BCUT2D eigenvalue weighted by Gasteiger charge is 2.18. The summed E-state index contributed by atoms with van der Waals surface area (Å²) in [5.74, 6) is 0.961. The van der Waals surface area contributed by atoms with Crippen molar-refractivity contribution in [2.75, 3.05) is 24.6 Å². The van der Waals surface area contributed by atoms with E-state index >= 15 is 0 Å². The second-order valence-corrected chi connectivity index (χ2v) is 4.26. The van der Waals surface area contributed by atoms with Gasteiger partial charge in [0.25, 0.3) is 0 Å². The summed E-state index contributed by atoms with van der Waals surface area (Å²) < 4.78 is 10.9. The van der Waals surface area contributed by atoms with E-state index in [1.807, 2.05) is 6.07 Å². The Morgan fingerprint density at radius 1 is 1.50 bits per heavy atom. The van der Waals surface area contributed by atoms with Gasteiger partial charge in [0, 0.05) is 35.4 Å². The van der Waals surface area contributed by atoms with Gasteiger partial charge in [0.1, 0.15) is 6.42 Å². The van der Waals surface area contributed by atoms with E-state index in [-0.39, 0.29) is 12.3 Å². The summed E-state index contributed by atoms with van der Waals surface area (Å²) in [5, 5.41) is 8.26. The Bertz CT molecular complexity index is 236. The lowest BCUT2D eigenvalue weighted by Crippen LogP contribution is -2.41. The van der Waals surface area contributed by atoms with Crippen LogP contribution in [-0.2, 0) is 15.6 Å². The average molecular weight is 186 g/mol. The van der Waals surface area contributed by atoms with Gasteiger partial charge in [-0.15, -0.1) is 0 Å². The molecule has 0 aromatic heterocycles. The highest BCUT2D eigenvalue weighted by atomic mass is 32.2. The predicted molar refractivity (Wildman–Crippen MR) is 44.7 cm³/mol. The van der Waals surface area contributed by atoms with E-state index < -0.39 is 10.8 Å². The van der Waals surface area contributed by atoms with E-state index in [0.717, 1.165) is 0 Å². The molecule has 66 valence electrons. The first-order valence-electron chi connectivity index (χ1n) is 3.73. The van der Waals surface area contributed by atoms with Gasteiger partial charge in [0.05, 0.1) is 6.07 Å². The molecule has 0 aromatic rings. The van der Waals surface area contributed by atoms with E-state index in [0.29, 0.717) is 24.6 Å². The van der Waals surface area contributed by atoms with Gasteiger partial charge in [-0.1, -0.05) is 0 Å². The number of carbonyl (C=O) groups excluding carboxylic acids is 1. The van der Waals surface area contributed by atoms with Crippen molar-refractivity contribution in [1.29, 1.82) is 5.26 Å². The van der Waals surface area contributed by atoms with Crippen LogP contribution < -0.4 is 0 Å². The number of rotatable bonds is 1. The molecular weight excluding hydrogens is 176 g/mol. The summed E-state index contributed by atoms with van der Waals surface area (Å²) >= 11 is 0. The largest absolute Gasteiger partial charge is 0.340 e. The molecule has 0 aliphatic carbocycles. The van der Waals surface area contributed by atoms with E-state index in [1.165, 1.54) is 0 Å². The summed E-state index contributed by atoms with van der Waals surface area (Å²) in [6, 6.07) is 1.81. The van der Waals surface area contributed by atoms with E-state index in [4.69, 9.17) is 5.26 Å². The molecule has 1 saturated heterocycles. The van der Waals surface area contributed by atoms with E-state index in [1.54, 1.807) is 4.90 Å². The summed E-state index contributed by atoms with van der Waals surface area (Å²) in [7, 11) is -0.758. The van der Waals surface area contributed by atoms with E-state index in [9.17, 15) is 9.00 Å². The Labute approximate surface area is 73.6 Å². The summed E-state index contributed by atoms with van der Waals surface area (Å²) in [6.07, 6.45) is -0.0629. The molecule has 5 heteroatoms. The van der Waals surface area contributed by atoms with Gasteiger partial charge in [-0.25, -0.2) is 0 Å². The Morgan fingerprint density at radius 2 is 2.08 bits per heavy atom. The third-order valence-electron chi connectivity index (χ3n) is 1.76. The van der Waals surface area contributed by atoms with Crippen LogP contribution in [0.25, 0.3) is 0 Å². The van der Waals surface area contributed by atoms with Crippen molar-refractivity contribution in [1.82, 2.24) is 4.90 Å². The number of hydrogen-bond acceptors (Lipinski definition) is 3. The molecule has 1 rings (SSSR count). The maximum Gasteiger partial charge on any atom is 0.236 e. The maximum absolute atomic E-state index is 11.1. The number of carbonyl (C=O) groups is 1. The lowest BCUT2D eigenvalue weighted by molar-refractivity contribution is -0.129. The normalized spacial score (nSPS) is 18.8. The van der Waals surface area contributed by atoms with Crippen molar-refractivity contribution >= 4 is 16.7 Å². The van der Waals surface area contributed by atoms with Crippen LogP contribution in [0.15, 0.2) is 0 Å². The lowest BCUT2D eigenvalue weighted by Gasteiger charge is -2.25. The molecule has 1 heterocycles. The molecule has 0 spiro atoms. The van der Waals surface area contributed by atoms with Crippen molar-refractivity contribution in [3.05, 3.63) is 0 Å². The zero-order valence-corrected chi connectivity index (χ0v) is 7.47. The van der Waals surface area contributed by atoms with Crippen molar-refractivity contribution in [2.24, 2.45) is 0 Å². The molecule has 0 bridgehead atoms. The van der Waals surface area contributed by atoms with Crippen molar-refractivity contribution in [3.8, 4) is 6.07 Å². The second kappa shape index (κ2) is 4.21. The van der Waals surface area contributed by atoms with Crippen LogP contribution in [0.1, 0.15) is 6.42 Å². The fourth-order valence-corrected chi connectivity index (χ4v) is 2.12. The van der Waals surface area contributed by atoms with Gasteiger partial charge in [-0.2, -0.15) is 5.26 Å². The van der Waals surface area contributed by atoms with Gasteiger partial charge in [0.2, 0.25) is 5.91 Å². The Kier molecular flexibility index (Phi) is 3.23. The fraction of sp³-hybridized carbons (Fsp3) is 0.714. The van der Waals surface area contributed by atoms with Crippen LogP contribution in [0.2, 0.25) is 0 Å². The first-order valence-corrected chi connectivity index (χ1v) is 5.22. The SMILES string of the molecule is N#CCC(=O)N1CCS(=O)CC1. The smallest absolute Gasteiger partial charge is 0.236 e. The third-order valence-corrected chi connectivity index (χ3v) is 3.04. The molecule has 0 unspecified atom stereocenters. The monoisotopic (exact) mass is 186 g/mol. The molecule has 4 nitrogen and oxygen atoms in total. The quantitative estimate of drug-likeness (QED) is 0.554. The van der Waals surface area contributed by atoms with Crippen LogP contribution in [-0.4, -0.2) is 39.6 Å². The number of nitrogens with zero attached hydrogens (tertiary/aromatic N) is 2. The Hall–Kier alpha value is -0.890. The average Bonchev–Trinajstić information content (AvgIpc) is 2.06. The molecule has 1 aliphatic heterocycles. The lowest BCUT2D eigenvalue weighted by atomic mass is 10.4. The van der Waals surface area contributed by atoms with Crippen LogP contribution in [0.4, 0.5) is 0 Å². The predicted octanol–water partition coefficient (Wildman–Crippen LogP) is -0.509. The molecule has 0 saturated carbocycles. The van der Waals surface area contributed by atoms with E-state index in [2.05, 4.69) is 0 Å². The fourth-order valence-electron chi connectivity index (χ4n) is 1.07. The summed E-state index contributed by atoms with van der Waals surface area (Å²) in [4.78, 5) is 12.7. The first kappa shape index (κ1) is 9.20. The van der Waals surface area contributed by atoms with Crippen molar-refractivity contribution in [2.45, 2.75) is 6.42 Å². The van der Waals surface area contributed by atoms with Crippen LogP contribution in [0, 0.1) is 11.3 Å². The number of hydrogen-bond donors (Lipinski definition) is 0. The molecule has 12 heavy (non-hydrogen) atoms. The highest BCUT2D eigenvalue weighted by molar-refractivity contribution is 7.85. The van der Waals surface area contributed by atoms with Gasteiger partial charge in [0.15, 0.2) is 0 Å². The molecule has 0 N–H and O–H groups in total. The molecule has 0 atom stereocenters. The van der Waals surface area contributed by atoms with Crippen molar-refractivity contribution in [3.63, 3.8) is 0 Å². The minimum Gasteiger partial charge on any atom is -0.340 e. The molecule has 1 fully saturated rings. The minimum absolute atomic E-state index is 0.0629. The molecular formula is C7H10N2O2S. The minimum atomic E-state index is -0.758. The standard InChI is InChI=1S/C7H10N2O2S/c8-2-1-7(10)9-3-5-12(11)6-4-9/h1,3-6H2. The van der Waals surface area contributed by atoms with Gasteiger partial charge < -0.3 is 4.90 Å². The highest BCUT2D eigenvalue weighted by Crippen LogP contribution is 2.01. The van der Waals surface area contributed by atoms with Crippen LogP contribution in [0.3, 0.4) is 0 Å². The zero-order valence-electron chi connectivity index (χ0n) is 6.65. The second-order valence-electron chi connectivity index (χ2n) is 2.56. The Morgan fingerprint density at radius 3 is 2.58 bits per heavy atom. The third kappa shape index (κ3) is 2.31. The number of amides is 1. The Balaban J connectivity index is 2.40. The molecule has 1 aliphatic rings. The summed E-state index contributed by atoms with van der Waals surface area (Å²) in [5.41, 5.74) is 0. The maximum atomic E-state index is 11.1. The molecule has 0 radical (unpaired) electrons. The van der Waals surface area contributed by atoms with Gasteiger partial charge in [-0.05, 0) is 0 Å². The topological polar surface area (TPSA) is 61.2 Å². The summed E-state index contributed by atoms with van der Waals surface area (Å²) in [6.45, 7) is 1.07. The first-order chi connectivity index (χ1) is 5.74. The van der Waals surface area contributed by atoms with Crippen LogP contribution in [0.5, 0.6) is 0 Å². The molecule has 0 aromatic carbocycles. The number of nitriles is 1. The van der Waals surface area contributed by atoms with Crippen molar-refractivity contribution < 1.29 is 9.00 Å². The van der Waals surface area contributed by atoms with Gasteiger partial charge in [-0.3, -0.25) is 9.00 Å². The van der Waals surface area contributed by atoms with Gasteiger partial charge >= 0.3 is 0 Å². The zero-order chi connectivity index (χ0) is 8.97. The molecule has 1 amide bonds. The van der Waals surface area contributed by atoms with Crippen LogP contribution >= 0.6 is 0 Å².